The van der Waals surface area contributed by atoms with Gasteiger partial charge in [0.05, 0.1) is 12.2 Å². The van der Waals surface area contributed by atoms with E-state index in [9.17, 15) is 4.79 Å². The second-order valence-corrected chi connectivity index (χ2v) is 5.71. The molecule has 5 heteroatoms. The first kappa shape index (κ1) is 14.1. The van der Waals surface area contributed by atoms with Crippen molar-refractivity contribution in [3.63, 3.8) is 0 Å². The predicted molar refractivity (Wildman–Crippen MR) is 73.9 cm³/mol. The summed E-state index contributed by atoms with van der Waals surface area (Å²) in [5, 5.41) is 6.48. The first-order chi connectivity index (χ1) is 9.04. The Labute approximate surface area is 114 Å². The van der Waals surface area contributed by atoms with Gasteiger partial charge in [-0.25, -0.2) is 0 Å². The topological polar surface area (TPSA) is 58.4 Å². The lowest BCUT2D eigenvalue weighted by molar-refractivity contribution is -0.117. The second-order valence-electron chi connectivity index (χ2n) is 5.71. The van der Waals surface area contributed by atoms with Gasteiger partial charge in [-0.3, -0.25) is 15.0 Å². The van der Waals surface area contributed by atoms with Crippen molar-refractivity contribution in [1.29, 1.82) is 0 Å². The predicted octanol–water partition coefficient (Wildman–Crippen LogP) is 2.43. The number of likely N-dealkylation sites (N-methyl/N-ethyl adjacent to an activating group) is 1. The molecule has 0 aliphatic heterocycles. The molecule has 1 aromatic rings. The molecule has 5 nitrogen and oxygen atoms in total. The van der Waals surface area contributed by atoms with Crippen molar-refractivity contribution in [3.05, 3.63) is 11.8 Å². The molecule has 0 spiro atoms. The number of rotatable bonds is 4. The number of anilines is 1. The van der Waals surface area contributed by atoms with Crippen LogP contribution in [0.2, 0.25) is 0 Å². The van der Waals surface area contributed by atoms with Gasteiger partial charge in [0.15, 0.2) is 0 Å². The van der Waals surface area contributed by atoms with Gasteiger partial charge in [-0.15, -0.1) is 0 Å². The first-order valence-corrected chi connectivity index (χ1v) is 6.98. The molecule has 19 heavy (non-hydrogen) atoms. The molecule has 1 aliphatic rings. The van der Waals surface area contributed by atoms with E-state index >= 15 is 0 Å². The van der Waals surface area contributed by atoms with Crippen molar-refractivity contribution >= 4 is 11.8 Å². The normalized spacial score (nSPS) is 23.6. The van der Waals surface area contributed by atoms with Crippen molar-refractivity contribution in [2.75, 3.05) is 18.9 Å². The number of aryl methyl sites for hydroxylation is 1. The van der Waals surface area contributed by atoms with Crippen LogP contribution in [-0.2, 0) is 4.79 Å². The summed E-state index contributed by atoms with van der Waals surface area (Å²) in [7, 11) is 2.02. The average molecular weight is 265 g/mol. The van der Waals surface area contributed by atoms with Gasteiger partial charge in [0, 0.05) is 12.1 Å². The van der Waals surface area contributed by atoms with Gasteiger partial charge < -0.3 is 4.52 Å². The fourth-order valence-electron chi connectivity index (χ4n) is 2.64. The molecular formula is C14H23N3O2. The van der Waals surface area contributed by atoms with Crippen LogP contribution in [0.15, 0.2) is 10.6 Å². The minimum absolute atomic E-state index is 0.0442. The third-order valence-corrected chi connectivity index (χ3v) is 3.89. The quantitative estimate of drug-likeness (QED) is 0.908. The van der Waals surface area contributed by atoms with Gasteiger partial charge in [-0.1, -0.05) is 12.1 Å². The summed E-state index contributed by atoms with van der Waals surface area (Å²) in [6, 6.07) is 2.25. The lowest BCUT2D eigenvalue weighted by atomic mass is 9.87. The Balaban J connectivity index is 1.78. The lowest BCUT2D eigenvalue weighted by Gasteiger charge is -2.33. The fourth-order valence-corrected chi connectivity index (χ4v) is 2.64. The van der Waals surface area contributed by atoms with Crippen molar-refractivity contribution < 1.29 is 9.32 Å². The zero-order valence-corrected chi connectivity index (χ0v) is 12.0. The number of carbonyl (C=O) groups is 1. The van der Waals surface area contributed by atoms with E-state index in [-0.39, 0.29) is 5.91 Å². The van der Waals surface area contributed by atoms with Crippen molar-refractivity contribution in [1.82, 2.24) is 10.1 Å². The van der Waals surface area contributed by atoms with Crippen LogP contribution in [-0.4, -0.2) is 35.6 Å². The molecule has 0 atom stereocenters. The average Bonchev–Trinajstić information content (AvgIpc) is 2.75. The van der Waals surface area contributed by atoms with E-state index in [4.69, 9.17) is 4.52 Å². The third-order valence-electron chi connectivity index (χ3n) is 3.89. The fraction of sp³-hybridized carbons (Fsp3) is 0.714. The van der Waals surface area contributed by atoms with Gasteiger partial charge in [-0.05, 0) is 45.6 Å². The molecule has 1 saturated carbocycles. The number of hydrogen-bond acceptors (Lipinski definition) is 4. The van der Waals surface area contributed by atoms with Crippen LogP contribution >= 0.6 is 0 Å². The van der Waals surface area contributed by atoms with E-state index in [0.29, 0.717) is 18.5 Å². The molecule has 0 aromatic carbocycles. The van der Waals surface area contributed by atoms with Crippen molar-refractivity contribution in [2.45, 2.75) is 45.6 Å². The maximum atomic E-state index is 11.9. The number of carbonyl (C=O) groups excluding carboxylic acids is 1. The van der Waals surface area contributed by atoms with Gasteiger partial charge in [0.25, 0.3) is 0 Å². The highest BCUT2D eigenvalue weighted by Gasteiger charge is 2.23. The van der Waals surface area contributed by atoms with E-state index in [1.54, 1.807) is 6.07 Å². The largest absolute Gasteiger partial charge is 0.338 e. The SMILES string of the molecule is Cc1cc(NC(=O)CN(C)C2CCC(C)CC2)on1. The maximum absolute atomic E-state index is 11.9. The van der Waals surface area contributed by atoms with Gasteiger partial charge in [0.1, 0.15) is 0 Å². The number of hydrogen-bond donors (Lipinski definition) is 1. The van der Waals surface area contributed by atoms with Gasteiger partial charge >= 0.3 is 0 Å². The highest BCUT2D eigenvalue weighted by atomic mass is 16.5. The monoisotopic (exact) mass is 265 g/mol. The molecule has 0 bridgehead atoms. The Morgan fingerprint density at radius 1 is 1.47 bits per heavy atom. The summed E-state index contributed by atoms with van der Waals surface area (Å²) in [4.78, 5) is 14.0. The first-order valence-electron chi connectivity index (χ1n) is 6.98. The summed E-state index contributed by atoms with van der Waals surface area (Å²) in [6.07, 6.45) is 4.90. The van der Waals surface area contributed by atoms with Crippen LogP contribution in [0.3, 0.4) is 0 Å². The summed E-state index contributed by atoms with van der Waals surface area (Å²) >= 11 is 0. The molecule has 1 N–H and O–H groups in total. The van der Waals surface area contributed by atoms with Crippen LogP contribution in [0.4, 0.5) is 5.88 Å². The standard InChI is InChI=1S/C14H23N3O2/c1-10-4-6-12(7-5-10)17(3)9-13(18)15-14-8-11(2)16-19-14/h8,10,12H,4-7,9H2,1-3H3,(H,15,18). The van der Waals surface area contributed by atoms with Gasteiger partial charge in [-0.2, -0.15) is 0 Å². The van der Waals surface area contributed by atoms with E-state index in [2.05, 4.69) is 22.3 Å². The summed E-state index contributed by atoms with van der Waals surface area (Å²) in [6.45, 7) is 4.53. The molecule has 1 aromatic heterocycles. The van der Waals surface area contributed by atoms with Crippen LogP contribution < -0.4 is 5.32 Å². The number of amides is 1. The smallest absolute Gasteiger partial charge is 0.240 e. The van der Waals surface area contributed by atoms with E-state index in [1.807, 2.05) is 14.0 Å². The van der Waals surface area contributed by atoms with Crippen molar-refractivity contribution in [3.8, 4) is 0 Å². The van der Waals surface area contributed by atoms with Crippen molar-refractivity contribution in [2.24, 2.45) is 5.92 Å². The Morgan fingerprint density at radius 2 is 2.16 bits per heavy atom. The van der Waals surface area contributed by atoms with Crippen LogP contribution in [0.25, 0.3) is 0 Å². The Hall–Kier alpha value is -1.36. The van der Waals surface area contributed by atoms with Crippen LogP contribution in [0.1, 0.15) is 38.3 Å². The molecule has 1 heterocycles. The Kier molecular flexibility index (Phi) is 4.58. The number of nitrogens with one attached hydrogen (secondary N) is 1. The zero-order chi connectivity index (χ0) is 13.8. The zero-order valence-electron chi connectivity index (χ0n) is 12.0. The third kappa shape index (κ3) is 4.06. The second kappa shape index (κ2) is 6.19. The number of nitrogens with zero attached hydrogens (tertiary/aromatic N) is 2. The molecule has 1 aliphatic carbocycles. The highest BCUT2D eigenvalue weighted by molar-refractivity contribution is 5.90. The summed E-state index contributed by atoms with van der Waals surface area (Å²) in [5.74, 6) is 1.21. The molecule has 106 valence electrons. The Bertz CT molecular complexity index is 422. The molecule has 2 rings (SSSR count). The van der Waals surface area contributed by atoms with E-state index in [1.165, 1.54) is 25.7 Å². The van der Waals surface area contributed by atoms with Crippen LogP contribution in [0.5, 0.6) is 0 Å². The van der Waals surface area contributed by atoms with Crippen LogP contribution in [0, 0.1) is 12.8 Å². The molecule has 1 amide bonds. The molecule has 0 unspecified atom stereocenters. The molecule has 1 fully saturated rings. The number of aromatic nitrogens is 1. The molecular weight excluding hydrogens is 242 g/mol. The van der Waals surface area contributed by atoms with E-state index < -0.39 is 0 Å². The Morgan fingerprint density at radius 3 is 2.74 bits per heavy atom. The maximum Gasteiger partial charge on any atom is 0.240 e. The highest BCUT2D eigenvalue weighted by Crippen LogP contribution is 2.26. The van der Waals surface area contributed by atoms with Gasteiger partial charge in [0.2, 0.25) is 11.8 Å². The minimum Gasteiger partial charge on any atom is -0.338 e. The minimum atomic E-state index is -0.0442. The summed E-state index contributed by atoms with van der Waals surface area (Å²) < 4.78 is 4.98. The van der Waals surface area contributed by atoms with E-state index in [0.717, 1.165) is 11.6 Å². The lowest BCUT2D eigenvalue weighted by Crippen LogP contribution is -2.39. The molecule has 0 radical (unpaired) electrons. The molecule has 0 saturated heterocycles. The summed E-state index contributed by atoms with van der Waals surface area (Å²) in [5.41, 5.74) is 0.768.